The number of amides is 2. The van der Waals surface area contributed by atoms with E-state index < -0.39 is 0 Å². The second-order valence-corrected chi connectivity index (χ2v) is 6.33. The van der Waals surface area contributed by atoms with E-state index in [1.165, 1.54) is 0 Å². The largest absolute Gasteiger partial charge is 0.327 e. The van der Waals surface area contributed by atoms with Gasteiger partial charge in [0.15, 0.2) is 0 Å². The number of carbonyl (C=O) groups excluding carboxylic acids is 2. The van der Waals surface area contributed by atoms with E-state index >= 15 is 0 Å². The van der Waals surface area contributed by atoms with Crippen molar-refractivity contribution in [2.24, 2.45) is 5.92 Å². The van der Waals surface area contributed by atoms with Gasteiger partial charge in [-0.25, -0.2) is 0 Å². The van der Waals surface area contributed by atoms with Crippen LogP contribution in [0.4, 0.5) is 0 Å². The van der Waals surface area contributed by atoms with Gasteiger partial charge in [0.05, 0.1) is 6.17 Å². The smallest absolute Gasteiger partial charge is 0.226 e. The third kappa shape index (κ3) is 4.18. The van der Waals surface area contributed by atoms with Crippen molar-refractivity contribution in [3.63, 3.8) is 0 Å². The summed E-state index contributed by atoms with van der Waals surface area (Å²) in [5.41, 5.74) is 2.97. The molecule has 2 atom stereocenters. The van der Waals surface area contributed by atoms with Gasteiger partial charge in [-0.3, -0.25) is 19.7 Å². The van der Waals surface area contributed by atoms with Crippen LogP contribution in [0.25, 0.3) is 0 Å². The maximum atomic E-state index is 12.1. The number of hydrogen-bond donors (Lipinski definition) is 2. The van der Waals surface area contributed by atoms with Crippen molar-refractivity contribution in [2.45, 2.75) is 58.8 Å². The van der Waals surface area contributed by atoms with E-state index in [9.17, 15) is 9.59 Å². The highest BCUT2D eigenvalue weighted by atomic mass is 16.7. The Morgan fingerprint density at radius 2 is 1.77 bits per heavy atom. The van der Waals surface area contributed by atoms with Crippen molar-refractivity contribution in [1.29, 1.82) is 0 Å². The molecule has 2 N–H and O–H groups in total. The molecule has 126 valence electrons. The van der Waals surface area contributed by atoms with Gasteiger partial charge < -0.3 is 9.80 Å². The standard InChI is InChI=1S/C15H28N4O3/c1-11(2)15(21)19-9-5-7-14(19)17-22-10-16-13-6-4-8-18(13)12(3)20/h11,13-14,16-17H,4-10H2,1-3H3. The van der Waals surface area contributed by atoms with Crippen molar-refractivity contribution in [3.05, 3.63) is 0 Å². The fourth-order valence-corrected chi connectivity index (χ4v) is 3.12. The summed E-state index contributed by atoms with van der Waals surface area (Å²) in [6.45, 7) is 7.32. The van der Waals surface area contributed by atoms with Gasteiger partial charge in [-0.05, 0) is 25.7 Å². The number of nitrogens with one attached hydrogen (secondary N) is 2. The number of hydrogen-bond acceptors (Lipinski definition) is 5. The molecule has 0 saturated carbocycles. The van der Waals surface area contributed by atoms with Gasteiger partial charge in [-0.2, -0.15) is 5.48 Å². The van der Waals surface area contributed by atoms with E-state index in [0.717, 1.165) is 38.8 Å². The summed E-state index contributed by atoms with van der Waals surface area (Å²) in [6.07, 6.45) is 3.86. The molecule has 22 heavy (non-hydrogen) atoms. The van der Waals surface area contributed by atoms with Crippen LogP contribution < -0.4 is 10.8 Å². The molecule has 0 aromatic rings. The van der Waals surface area contributed by atoms with Gasteiger partial charge in [0.2, 0.25) is 11.8 Å². The number of hydroxylamine groups is 1. The lowest BCUT2D eigenvalue weighted by molar-refractivity contribution is -0.140. The zero-order chi connectivity index (χ0) is 16.1. The Bertz CT molecular complexity index is 402. The molecule has 0 bridgehead atoms. The molecule has 2 aliphatic rings. The number of nitrogens with zero attached hydrogens (tertiary/aromatic N) is 2. The topological polar surface area (TPSA) is 73.9 Å². The van der Waals surface area contributed by atoms with Crippen LogP contribution in [0.3, 0.4) is 0 Å². The van der Waals surface area contributed by atoms with Crippen LogP contribution >= 0.6 is 0 Å². The lowest BCUT2D eigenvalue weighted by Gasteiger charge is -2.28. The first-order valence-electron chi connectivity index (χ1n) is 8.19. The van der Waals surface area contributed by atoms with Crippen molar-refractivity contribution in [1.82, 2.24) is 20.6 Å². The quantitative estimate of drug-likeness (QED) is 0.427. The van der Waals surface area contributed by atoms with E-state index in [1.54, 1.807) is 6.92 Å². The van der Waals surface area contributed by atoms with Gasteiger partial charge in [0.25, 0.3) is 0 Å². The van der Waals surface area contributed by atoms with E-state index in [2.05, 4.69) is 10.8 Å². The van der Waals surface area contributed by atoms with Crippen LogP contribution in [0.1, 0.15) is 46.5 Å². The Hall–Kier alpha value is -1.18. The fourth-order valence-electron chi connectivity index (χ4n) is 3.12. The molecule has 7 heteroatoms. The predicted octanol–water partition coefficient (Wildman–Crippen LogP) is 0.628. The van der Waals surface area contributed by atoms with Gasteiger partial charge in [-0.1, -0.05) is 13.8 Å². The molecule has 2 fully saturated rings. The molecule has 0 radical (unpaired) electrons. The number of rotatable bonds is 6. The minimum Gasteiger partial charge on any atom is -0.327 e. The lowest BCUT2D eigenvalue weighted by Crippen LogP contribution is -2.49. The summed E-state index contributed by atoms with van der Waals surface area (Å²) < 4.78 is 0. The van der Waals surface area contributed by atoms with Crippen molar-refractivity contribution >= 4 is 11.8 Å². The highest BCUT2D eigenvalue weighted by Crippen LogP contribution is 2.18. The molecule has 0 aromatic carbocycles. The average Bonchev–Trinajstić information content (AvgIpc) is 3.11. The third-order valence-electron chi connectivity index (χ3n) is 4.30. The molecule has 2 unspecified atom stereocenters. The van der Waals surface area contributed by atoms with Gasteiger partial charge >= 0.3 is 0 Å². The Morgan fingerprint density at radius 3 is 2.41 bits per heavy atom. The summed E-state index contributed by atoms with van der Waals surface area (Å²) >= 11 is 0. The summed E-state index contributed by atoms with van der Waals surface area (Å²) in [7, 11) is 0. The molecular formula is C15H28N4O3. The molecule has 2 saturated heterocycles. The first kappa shape index (κ1) is 17.2. The highest BCUT2D eigenvalue weighted by Gasteiger charge is 2.30. The van der Waals surface area contributed by atoms with Crippen molar-refractivity contribution in [2.75, 3.05) is 19.8 Å². The summed E-state index contributed by atoms with van der Waals surface area (Å²) in [6, 6.07) is 0. The van der Waals surface area contributed by atoms with Crippen LogP contribution in [-0.2, 0) is 14.4 Å². The third-order valence-corrected chi connectivity index (χ3v) is 4.30. The molecule has 0 spiro atoms. The van der Waals surface area contributed by atoms with E-state index in [0.29, 0.717) is 6.73 Å². The fraction of sp³-hybridized carbons (Fsp3) is 0.867. The molecule has 2 aliphatic heterocycles. The normalized spacial score (nSPS) is 25.3. The Morgan fingerprint density at radius 1 is 1.14 bits per heavy atom. The first-order chi connectivity index (χ1) is 10.5. The van der Waals surface area contributed by atoms with Crippen LogP contribution in [0.5, 0.6) is 0 Å². The summed E-state index contributed by atoms with van der Waals surface area (Å²) in [5, 5.41) is 3.22. The Kier molecular flexibility index (Phi) is 6.16. The highest BCUT2D eigenvalue weighted by molar-refractivity contribution is 5.78. The minimum atomic E-state index is -0.0517. The minimum absolute atomic E-state index is 0.00291. The molecule has 2 rings (SSSR count). The monoisotopic (exact) mass is 312 g/mol. The molecular weight excluding hydrogens is 284 g/mol. The second kappa shape index (κ2) is 7.89. The van der Waals surface area contributed by atoms with Crippen LogP contribution in [-0.4, -0.2) is 53.8 Å². The number of likely N-dealkylation sites (tertiary alicyclic amines) is 2. The molecule has 0 aromatic heterocycles. The van der Waals surface area contributed by atoms with Gasteiger partial charge in [0, 0.05) is 25.9 Å². The molecule has 2 amide bonds. The van der Waals surface area contributed by atoms with Gasteiger partial charge in [-0.15, -0.1) is 0 Å². The van der Waals surface area contributed by atoms with E-state index in [-0.39, 0.29) is 30.1 Å². The SMILES string of the molecule is CC(=O)N1CCCC1NCONC1CCCN1C(=O)C(C)C. The summed E-state index contributed by atoms with van der Waals surface area (Å²) in [5.74, 6) is 0.251. The first-order valence-corrected chi connectivity index (χ1v) is 8.19. The van der Waals surface area contributed by atoms with Crippen LogP contribution in [0.2, 0.25) is 0 Å². The molecule has 0 aliphatic carbocycles. The Labute approximate surface area is 132 Å². The maximum absolute atomic E-state index is 12.1. The van der Waals surface area contributed by atoms with Crippen LogP contribution in [0.15, 0.2) is 0 Å². The zero-order valence-corrected chi connectivity index (χ0v) is 13.8. The van der Waals surface area contributed by atoms with E-state index in [4.69, 9.17) is 4.84 Å². The van der Waals surface area contributed by atoms with E-state index in [1.807, 2.05) is 23.6 Å². The second-order valence-electron chi connectivity index (χ2n) is 6.33. The van der Waals surface area contributed by atoms with Crippen LogP contribution in [0, 0.1) is 5.92 Å². The average molecular weight is 312 g/mol. The lowest BCUT2D eigenvalue weighted by atomic mass is 10.2. The molecule has 7 nitrogen and oxygen atoms in total. The maximum Gasteiger partial charge on any atom is 0.226 e. The number of carbonyl (C=O) groups is 2. The van der Waals surface area contributed by atoms with Gasteiger partial charge in [0.1, 0.15) is 12.9 Å². The predicted molar refractivity (Wildman–Crippen MR) is 82.2 cm³/mol. The summed E-state index contributed by atoms with van der Waals surface area (Å²) in [4.78, 5) is 32.7. The zero-order valence-electron chi connectivity index (χ0n) is 13.8. The van der Waals surface area contributed by atoms with Crippen molar-refractivity contribution in [3.8, 4) is 0 Å². The van der Waals surface area contributed by atoms with Crippen molar-refractivity contribution < 1.29 is 14.4 Å². The molecule has 2 heterocycles. The Balaban J connectivity index is 1.70.